The van der Waals surface area contributed by atoms with Gasteiger partial charge < -0.3 is 10.8 Å². The highest BCUT2D eigenvalue weighted by Gasteiger charge is 2.20. The van der Waals surface area contributed by atoms with Gasteiger partial charge in [0.05, 0.1) is 12.1 Å². The van der Waals surface area contributed by atoms with Crippen molar-refractivity contribution < 1.29 is 5.11 Å². The molecule has 0 unspecified atom stereocenters. The van der Waals surface area contributed by atoms with E-state index in [1.165, 1.54) is 22.3 Å². The number of benzene rings is 2. The maximum Gasteiger partial charge on any atom is 0.0704 e. The maximum absolute atomic E-state index is 9.57. The number of aliphatic hydroxyl groups is 1. The van der Waals surface area contributed by atoms with Crippen LogP contribution in [0, 0.1) is 0 Å². The van der Waals surface area contributed by atoms with Crippen LogP contribution in [-0.4, -0.2) is 11.2 Å². The van der Waals surface area contributed by atoms with E-state index in [0.29, 0.717) is 0 Å². The molecule has 0 amide bonds. The van der Waals surface area contributed by atoms with Crippen molar-refractivity contribution in [2.24, 2.45) is 5.73 Å². The number of hydrogen-bond donors (Lipinski definition) is 2. The highest BCUT2D eigenvalue weighted by atomic mass is 16.3. The zero-order chi connectivity index (χ0) is 12.7. The minimum absolute atomic E-state index is 0.306. The third kappa shape index (κ3) is 1.74. The second-order valence-electron chi connectivity index (χ2n) is 5.02. The molecule has 2 atom stereocenters. The molecule has 0 aliphatic heterocycles. The van der Waals surface area contributed by atoms with Gasteiger partial charge in [0.15, 0.2) is 0 Å². The van der Waals surface area contributed by atoms with Gasteiger partial charge in [0.25, 0.3) is 0 Å². The predicted octanol–water partition coefficient (Wildman–Crippen LogP) is 2.64. The van der Waals surface area contributed by atoms with Crippen LogP contribution in [0.25, 0.3) is 11.1 Å². The van der Waals surface area contributed by atoms with Gasteiger partial charge in [-0.05, 0) is 41.2 Å². The Kier molecular flexibility index (Phi) is 2.69. The Bertz CT molecular complexity index is 589. The van der Waals surface area contributed by atoms with Gasteiger partial charge in [-0.3, -0.25) is 0 Å². The molecule has 1 aliphatic rings. The van der Waals surface area contributed by atoms with Crippen LogP contribution in [-0.2, 0) is 6.42 Å². The first-order chi connectivity index (χ1) is 8.66. The molecule has 2 aromatic rings. The molecule has 0 saturated carbocycles. The molecule has 0 saturated heterocycles. The summed E-state index contributed by atoms with van der Waals surface area (Å²) >= 11 is 0. The molecule has 2 heteroatoms. The largest absolute Gasteiger partial charge is 0.391 e. The lowest BCUT2D eigenvalue weighted by atomic mass is 9.98. The SMILES string of the molecule is C[C@@H](O)[C@@H](N)c1ccc2c(c1)Cc1ccccc1-2. The van der Waals surface area contributed by atoms with Crippen LogP contribution < -0.4 is 5.73 Å². The van der Waals surface area contributed by atoms with Crippen LogP contribution in [0.4, 0.5) is 0 Å². The van der Waals surface area contributed by atoms with Gasteiger partial charge in [0.2, 0.25) is 0 Å². The Labute approximate surface area is 107 Å². The number of fused-ring (bicyclic) bond motifs is 3. The van der Waals surface area contributed by atoms with Gasteiger partial charge in [0.1, 0.15) is 0 Å². The van der Waals surface area contributed by atoms with Crippen molar-refractivity contribution in [3.05, 3.63) is 59.2 Å². The van der Waals surface area contributed by atoms with Crippen LogP contribution in [0.5, 0.6) is 0 Å². The molecule has 1 aliphatic carbocycles. The topological polar surface area (TPSA) is 46.2 Å². The minimum Gasteiger partial charge on any atom is -0.391 e. The fourth-order valence-electron chi connectivity index (χ4n) is 2.65. The molecule has 0 heterocycles. The summed E-state index contributed by atoms with van der Waals surface area (Å²) in [7, 11) is 0. The summed E-state index contributed by atoms with van der Waals surface area (Å²) in [6.07, 6.45) is 0.443. The zero-order valence-corrected chi connectivity index (χ0v) is 10.4. The third-order valence-corrected chi connectivity index (χ3v) is 3.72. The minimum atomic E-state index is -0.521. The lowest BCUT2D eigenvalue weighted by Crippen LogP contribution is -2.23. The zero-order valence-electron chi connectivity index (χ0n) is 10.4. The van der Waals surface area contributed by atoms with Crippen LogP contribution in [0.2, 0.25) is 0 Å². The van der Waals surface area contributed by atoms with E-state index in [1.807, 2.05) is 6.07 Å². The number of hydrogen-bond acceptors (Lipinski definition) is 2. The van der Waals surface area contributed by atoms with E-state index in [-0.39, 0.29) is 6.04 Å². The number of rotatable bonds is 2. The Balaban J connectivity index is 2.03. The Morgan fingerprint density at radius 3 is 2.56 bits per heavy atom. The molecule has 3 rings (SSSR count). The molecule has 0 radical (unpaired) electrons. The maximum atomic E-state index is 9.57. The monoisotopic (exact) mass is 239 g/mol. The summed E-state index contributed by atoms with van der Waals surface area (Å²) in [5.74, 6) is 0. The van der Waals surface area contributed by atoms with Crippen molar-refractivity contribution in [3.63, 3.8) is 0 Å². The molecule has 2 aromatic carbocycles. The van der Waals surface area contributed by atoms with E-state index in [9.17, 15) is 5.11 Å². The number of nitrogens with two attached hydrogens (primary N) is 1. The highest BCUT2D eigenvalue weighted by Crippen LogP contribution is 2.37. The van der Waals surface area contributed by atoms with E-state index < -0.39 is 6.10 Å². The smallest absolute Gasteiger partial charge is 0.0704 e. The first-order valence-corrected chi connectivity index (χ1v) is 6.31. The summed E-state index contributed by atoms with van der Waals surface area (Å²) in [6, 6.07) is 14.5. The summed E-state index contributed by atoms with van der Waals surface area (Å²) in [5.41, 5.74) is 12.3. The average Bonchev–Trinajstić information content (AvgIpc) is 2.75. The normalized spacial score (nSPS) is 15.9. The van der Waals surface area contributed by atoms with Crippen LogP contribution in [0.15, 0.2) is 42.5 Å². The average molecular weight is 239 g/mol. The highest BCUT2D eigenvalue weighted by molar-refractivity contribution is 5.76. The van der Waals surface area contributed by atoms with E-state index in [1.54, 1.807) is 6.92 Å². The first kappa shape index (κ1) is 11.5. The van der Waals surface area contributed by atoms with E-state index in [0.717, 1.165) is 12.0 Å². The summed E-state index contributed by atoms with van der Waals surface area (Å²) in [5, 5.41) is 9.57. The van der Waals surface area contributed by atoms with Crippen LogP contribution in [0.1, 0.15) is 29.7 Å². The van der Waals surface area contributed by atoms with Crippen LogP contribution in [0.3, 0.4) is 0 Å². The van der Waals surface area contributed by atoms with Gasteiger partial charge >= 0.3 is 0 Å². The molecule has 2 nitrogen and oxygen atoms in total. The van der Waals surface area contributed by atoms with Gasteiger partial charge in [-0.1, -0.05) is 42.5 Å². The molecule has 0 bridgehead atoms. The molecule has 0 spiro atoms. The third-order valence-electron chi connectivity index (χ3n) is 3.72. The molecule has 0 aromatic heterocycles. The van der Waals surface area contributed by atoms with Crippen molar-refractivity contribution in [3.8, 4) is 11.1 Å². The van der Waals surface area contributed by atoms with E-state index in [2.05, 4.69) is 36.4 Å². The Hall–Kier alpha value is -1.64. The van der Waals surface area contributed by atoms with Crippen molar-refractivity contribution in [1.82, 2.24) is 0 Å². The lowest BCUT2D eigenvalue weighted by Gasteiger charge is -2.16. The number of aliphatic hydroxyl groups excluding tert-OH is 1. The summed E-state index contributed by atoms with van der Waals surface area (Å²) < 4.78 is 0. The van der Waals surface area contributed by atoms with E-state index >= 15 is 0 Å². The van der Waals surface area contributed by atoms with Crippen molar-refractivity contribution in [2.75, 3.05) is 0 Å². The molecular weight excluding hydrogens is 222 g/mol. The molecule has 18 heavy (non-hydrogen) atoms. The molecule has 0 fully saturated rings. The Morgan fingerprint density at radius 1 is 1.06 bits per heavy atom. The first-order valence-electron chi connectivity index (χ1n) is 6.31. The van der Waals surface area contributed by atoms with Crippen molar-refractivity contribution >= 4 is 0 Å². The van der Waals surface area contributed by atoms with Gasteiger partial charge in [-0.25, -0.2) is 0 Å². The van der Waals surface area contributed by atoms with Crippen molar-refractivity contribution in [1.29, 1.82) is 0 Å². The van der Waals surface area contributed by atoms with Crippen molar-refractivity contribution in [2.45, 2.75) is 25.5 Å². The van der Waals surface area contributed by atoms with Crippen LogP contribution >= 0.6 is 0 Å². The van der Waals surface area contributed by atoms with Gasteiger partial charge in [-0.15, -0.1) is 0 Å². The van der Waals surface area contributed by atoms with E-state index in [4.69, 9.17) is 5.73 Å². The van der Waals surface area contributed by atoms with Gasteiger partial charge in [0, 0.05) is 0 Å². The summed E-state index contributed by atoms with van der Waals surface area (Å²) in [4.78, 5) is 0. The second-order valence-corrected chi connectivity index (χ2v) is 5.02. The second kappa shape index (κ2) is 4.23. The molecule has 3 N–H and O–H groups in total. The molecule has 92 valence electrons. The Morgan fingerprint density at radius 2 is 1.78 bits per heavy atom. The van der Waals surface area contributed by atoms with Gasteiger partial charge in [-0.2, -0.15) is 0 Å². The quantitative estimate of drug-likeness (QED) is 0.722. The standard InChI is InChI=1S/C16H17NO/c1-10(18)16(17)12-6-7-15-13(9-12)8-11-4-2-3-5-14(11)15/h2-7,9-10,16,18H,8,17H2,1H3/t10-,16-/m1/s1. The fraction of sp³-hybridized carbons (Fsp3) is 0.250. The lowest BCUT2D eigenvalue weighted by molar-refractivity contribution is 0.164. The fourth-order valence-corrected chi connectivity index (χ4v) is 2.65. The molecular formula is C16H17NO. The summed E-state index contributed by atoms with van der Waals surface area (Å²) in [6.45, 7) is 1.73. The predicted molar refractivity (Wildman–Crippen MR) is 73.3 cm³/mol.